The Morgan fingerprint density at radius 2 is 1.82 bits per heavy atom. The van der Waals surface area contributed by atoms with Gasteiger partial charge in [-0.05, 0) is 12.8 Å². The maximum atomic E-state index is 12.3. The molecule has 2 amide bonds. The Morgan fingerprint density at radius 1 is 1.14 bits per heavy atom. The van der Waals surface area contributed by atoms with Crippen LogP contribution in [-0.2, 0) is 6.54 Å². The van der Waals surface area contributed by atoms with E-state index in [1.54, 1.807) is 44.8 Å². The number of amides is 2. The zero-order chi connectivity index (χ0) is 19.9. The van der Waals surface area contributed by atoms with E-state index < -0.39 is 0 Å². The van der Waals surface area contributed by atoms with Gasteiger partial charge < -0.3 is 20.1 Å². The molecule has 2 N–H and O–H groups in total. The Kier molecular flexibility index (Phi) is 6.52. The molecule has 1 aliphatic carbocycles. The molecule has 2 aromatic rings. The largest absolute Gasteiger partial charge is 0.497 e. The van der Waals surface area contributed by atoms with E-state index in [4.69, 9.17) is 9.47 Å². The van der Waals surface area contributed by atoms with Crippen LogP contribution >= 0.6 is 0 Å². The quantitative estimate of drug-likeness (QED) is 0.763. The second-order valence-corrected chi connectivity index (χ2v) is 6.81. The minimum absolute atomic E-state index is 0.0864. The number of methoxy groups -OCH3 is 2. The molecule has 1 fully saturated rings. The van der Waals surface area contributed by atoms with Crippen LogP contribution in [0.3, 0.4) is 0 Å². The second kappa shape index (κ2) is 9.25. The summed E-state index contributed by atoms with van der Waals surface area (Å²) in [7, 11) is 3.09. The van der Waals surface area contributed by atoms with Gasteiger partial charge in [0.05, 0.1) is 26.2 Å². The van der Waals surface area contributed by atoms with E-state index >= 15 is 0 Å². The number of aromatic nitrogens is 2. The van der Waals surface area contributed by atoms with Gasteiger partial charge in [0.2, 0.25) is 0 Å². The summed E-state index contributed by atoms with van der Waals surface area (Å²) in [4.78, 5) is 28.8. The molecule has 3 rings (SSSR count). The van der Waals surface area contributed by atoms with Crippen molar-refractivity contribution in [1.82, 2.24) is 14.9 Å². The molecule has 0 unspecified atom stereocenters. The van der Waals surface area contributed by atoms with Crippen LogP contribution in [0.5, 0.6) is 11.5 Å². The van der Waals surface area contributed by atoms with Crippen molar-refractivity contribution in [3.63, 3.8) is 0 Å². The van der Waals surface area contributed by atoms with Crippen LogP contribution in [0, 0.1) is 0 Å². The molecule has 1 aromatic heterocycles. The number of anilines is 1. The lowest BCUT2D eigenvalue weighted by molar-refractivity contribution is 0.251. The molecular weight excluding hydrogens is 360 g/mol. The van der Waals surface area contributed by atoms with E-state index in [0.29, 0.717) is 36.2 Å². The second-order valence-electron chi connectivity index (χ2n) is 6.81. The fraction of sp³-hybridized carbons (Fsp3) is 0.450. The lowest BCUT2D eigenvalue weighted by Crippen LogP contribution is -2.33. The Labute approximate surface area is 163 Å². The standard InChI is InChI=1S/C20H26N4O4/c1-27-16-9-15(10-17(11-16)28-2)23-20(26)21-7-8-24-13-22-18(12-19(24)25)14-5-3-4-6-14/h9-14H,3-8H2,1-2H3,(H2,21,23,26). The van der Waals surface area contributed by atoms with Gasteiger partial charge in [-0.25, -0.2) is 9.78 Å². The van der Waals surface area contributed by atoms with Gasteiger partial charge in [0.15, 0.2) is 0 Å². The predicted octanol–water partition coefficient (Wildman–Crippen LogP) is 2.74. The molecule has 1 saturated carbocycles. The number of nitrogens with zero attached hydrogens (tertiary/aromatic N) is 2. The Hall–Kier alpha value is -3.03. The Morgan fingerprint density at radius 3 is 2.43 bits per heavy atom. The number of ether oxygens (including phenoxy) is 2. The first kappa shape index (κ1) is 19.7. The summed E-state index contributed by atoms with van der Waals surface area (Å²) in [5.41, 5.74) is 1.35. The van der Waals surface area contributed by atoms with E-state index in [1.807, 2.05) is 0 Å². The smallest absolute Gasteiger partial charge is 0.319 e. The Balaban J connectivity index is 1.52. The number of nitrogens with one attached hydrogen (secondary N) is 2. The van der Waals surface area contributed by atoms with E-state index in [2.05, 4.69) is 15.6 Å². The average Bonchev–Trinajstić information content (AvgIpc) is 3.23. The summed E-state index contributed by atoms with van der Waals surface area (Å²) in [6.07, 6.45) is 6.18. The highest BCUT2D eigenvalue weighted by molar-refractivity contribution is 5.89. The van der Waals surface area contributed by atoms with Gasteiger partial charge >= 0.3 is 6.03 Å². The summed E-state index contributed by atoms with van der Waals surface area (Å²) >= 11 is 0. The third kappa shape index (κ3) is 5.03. The van der Waals surface area contributed by atoms with Crippen molar-refractivity contribution < 1.29 is 14.3 Å². The molecule has 0 bridgehead atoms. The number of hydrogen-bond donors (Lipinski definition) is 2. The zero-order valence-corrected chi connectivity index (χ0v) is 16.2. The molecule has 1 aromatic carbocycles. The van der Waals surface area contributed by atoms with E-state index in [9.17, 15) is 9.59 Å². The number of carbonyl (C=O) groups is 1. The summed E-state index contributed by atoms with van der Waals surface area (Å²) < 4.78 is 11.9. The minimum atomic E-state index is -0.376. The number of rotatable bonds is 7. The van der Waals surface area contributed by atoms with Crippen molar-refractivity contribution in [2.24, 2.45) is 0 Å². The number of urea groups is 1. The van der Waals surface area contributed by atoms with Crippen LogP contribution in [0.2, 0.25) is 0 Å². The van der Waals surface area contributed by atoms with Gasteiger partial charge in [0.25, 0.3) is 5.56 Å². The summed E-state index contributed by atoms with van der Waals surface area (Å²) in [5.74, 6) is 1.57. The molecule has 0 atom stereocenters. The van der Waals surface area contributed by atoms with Crippen molar-refractivity contribution in [2.45, 2.75) is 38.1 Å². The molecular formula is C20H26N4O4. The summed E-state index contributed by atoms with van der Waals surface area (Å²) in [5, 5.41) is 5.46. The van der Waals surface area contributed by atoms with Crippen molar-refractivity contribution in [3.05, 3.63) is 46.6 Å². The number of hydrogen-bond acceptors (Lipinski definition) is 5. The van der Waals surface area contributed by atoms with Crippen LogP contribution in [0.25, 0.3) is 0 Å². The molecule has 0 saturated heterocycles. The fourth-order valence-corrected chi connectivity index (χ4v) is 3.40. The van der Waals surface area contributed by atoms with Gasteiger partial charge in [-0.15, -0.1) is 0 Å². The average molecular weight is 386 g/mol. The van der Waals surface area contributed by atoms with E-state index in [-0.39, 0.29) is 11.6 Å². The van der Waals surface area contributed by atoms with Gasteiger partial charge in [-0.3, -0.25) is 9.36 Å². The van der Waals surface area contributed by atoms with E-state index in [0.717, 1.165) is 18.5 Å². The SMILES string of the molecule is COc1cc(NC(=O)NCCn2cnc(C3CCCC3)cc2=O)cc(OC)c1. The van der Waals surface area contributed by atoms with Crippen LogP contribution < -0.4 is 25.7 Å². The highest BCUT2D eigenvalue weighted by Gasteiger charge is 2.18. The van der Waals surface area contributed by atoms with Gasteiger partial charge in [-0.2, -0.15) is 0 Å². The molecule has 0 spiro atoms. The number of carbonyl (C=O) groups excluding carboxylic acids is 1. The van der Waals surface area contributed by atoms with Gasteiger partial charge in [0, 0.05) is 49.0 Å². The molecule has 8 heteroatoms. The number of benzene rings is 1. The van der Waals surface area contributed by atoms with E-state index in [1.165, 1.54) is 17.4 Å². The van der Waals surface area contributed by atoms with Gasteiger partial charge in [-0.1, -0.05) is 12.8 Å². The Bertz CT molecular complexity index is 852. The molecule has 1 heterocycles. The van der Waals surface area contributed by atoms with Crippen LogP contribution in [0.15, 0.2) is 35.4 Å². The zero-order valence-electron chi connectivity index (χ0n) is 16.2. The van der Waals surface area contributed by atoms with Crippen LogP contribution in [-0.4, -0.2) is 36.3 Å². The normalized spacial score (nSPS) is 13.9. The van der Waals surface area contributed by atoms with Crippen LogP contribution in [0.1, 0.15) is 37.3 Å². The molecule has 0 radical (unpaired) electrons. The highest BCUT2D eigenvalue weighted by Crippen LogP contribution is 2.32. The first-order chi connectivity index (χ1) is 13.6. The third-order valence-electron chi connectivity index (χ3n) is 4.92. The first-order valence-corrected chi connectivity index (χ1v) is 9.43. The highest BCUT2D eigenvalue weighted by atomic mass is 16.5. The molecule has 1 aliphatic rings. The fourth-order valence-electron chi connectivity index (χ4n) is 3.40. The van der Waals surface area contributed by atoms with Crippen molar-refractivity contribution in [3.8, 4) is 11.5 Å². The van der Waals surface area contributed by atoms with Crippen LogP contribution in [0.4, 0.5) is 10.5 Å². The third-order valence-corrected chi connectivity index (χ3v) is 4.92. The summed E-state index contributed by atoms with van der Waals surface area (Å²) in [6.45, 7) is 0.656. The predicted molar refractivity (Wildman–Crippen MR) is 106 cm³/mol. The van der Waals surface area contributed by atoms with Crippen molar-refractivity contribution >= 4 is 11.7 Å². The maximum Gasteiger partial charge on any atom is 0.319 e. The molecule has 0 aliphatic heterocycles. The monoisotopic (exact) mass is 386 g/mol. The minimum Gasteiger partial charge on any atom is -0.497 e. The molecule has 150 valence electrons. The molecule has 28 heavy (non-hydrogen) atoms. The lowest BCUT2D eigenvalue weighted by Gasteiger charge is -2.12. The maximum absolute atomic E-state index is 12.3. The summed E-state index contributed by atoms with van der Waals surface area (Å²) in [6, 6.07) is 6.35. The van der Waals surface area contributed by atoms with Crippen molar-refractivity contribution in [2.75, 3.05) is 26.1 Å². The lowest BCUT2D eigenvalue weighted by atomic mass is 10.0. The topological polar surface area (TPSA) is 94.5 Å². The molecule has 8 nitrogen and oxygen atoms in total. The van der Waals surface area contributed by atoms with Gasteiger partial charge in [0.1, 0.15) is 11.5 Å². The van der Waals surface area contributed by atoms with Crippen molar-refractivity contribution in [1.29, 1.82) is 0 Å². The first-order valence-electron chi connectivity index (χ1n) is 9.43.